The lowest BCUT2D eigenvalue weighted by molar-refractivity contribution is 0.242. The van der Waals surface area contributed by atoms with Crippen LogP contribution in [-0.2, 0) is 0 Å². The van der Waals surface area contributed by atoms with Crippen LogP contribution in [-0.4, -0.2) is 15.5 Å². The minimum Gasteiger partial charge on any atom is -0.491 e. The second-order valence-corrected chi connectivity index (χ2v) is 4.80. The van der Waals surface area contributed by atoms with Crippen LogP contribution in [0.1, 0.15) is 13.8 Å². The van der Waals surface area contributed by atoms with Crippen molar-refractivity contribution in [3.63, 3.8) is 0 Å². The summed E-state index contributed by atoms with van der Waals surface area (Å²) in [6.45, 7) is 4.06. The van der Waals surface area contributed by atoms with Crippen LogP contribution in [0.15, 0.2) is 55.0 Å². The molecule has 0 fully saturated rings. The van der Waals surface area contributed by atoms with Crippen molar-refractivity contribution in [3.8, 4) is 16.9 Å². The summed E-state index contributed by atoms with van der Waals surface area (Å²) in [7, 11) is 0. The fourth-order valence-corrected chi connectivity index (χ4v) is 2.09. The van der Waals surface area contributed by atoms with Crippen LogP contribution >= 0.6 is 0 Å². The molecule has 0 aliphatic heterocycles. The van der Waals surface area contributed by atoms with Gasteiger partial charge in [0, 0.05) is 18.6 Å². The van der Waals surface area contributed by atoms with Gasteiger partial charge in [-0.25, -0.2) is 4.98 Å². The first-order chi connectivity index (χ1) is 9.22. The van der Waals surface area contributed by atoms with Crippen LogP contribution < -0.4 is 4.74 Å². The average molecular weight is 252 g/mol. The molecule has 0 N–H and O–H groups in total. The number of hydrogen-bond donors (Lipinski definition) is 0. The van der Waals surface area contributed by atoms with Gasteiger partial charge in [-0.2, -0.15) is 0 Å². The van der Waals surface area contributed by atoms with Gasteiger partial charge in [0.25, 0.3) is 0 Å². The van der Waals surface area contributed by atoms with E-state index in [0.29, 0.717) is 0 Å². The lowest BCUT2D eigenvalue weighted by atomic mass is 10.1. The van der Waals surface area contributed by atoms with Crippen molar-refractivity contribution in [3.05, 3.63) is 55.0 Å². The van der Waals surface area contributed by atoms with Crippen molar-refractivity contribution in [2.75, 3.05) is 0 Å². The molecule has 0 spiro atoms. The SMILES string of the molecule is CC(C)Oc1ccc(-c2ccn3ccnc3c2)cc1. The van der Waals surface area contributed by atoms with Gasteiger partial charge in [-0.1, -0.05) is 12.1 Å². The number of hydrogen-bond acceptors (Lipinski definition) is 2. The minimum atomic E-state index is 0.201. The van der Waals surface area contributed by atoms with E-state index in [1.54, 1.807) is 6.20 Å². The quantitative estimate of drug-likeness (QED) is 0.709. The van der Waals surface area contributed by atoms with Crippen LogP contribution in [0.5, 0.6) is 5.75 Å². The number of benzene rings is 1. The number of fused-ring (bicyclic) bond motifs is 1. The summed E-state index contributed by atoms with van der Waals surface area (Å²) >= 11 is 0. The number of rotatable bonds is 3. The van der Waals surface area contributed by atoms with Gasteiger partial charge in [0.1, 0.15) is 11.4 Å². The van der Waals surface area contributed by atoms with E-state index < -0.39 is 0 Å². The van der Waals surface area contributed by atoms with Gasteiger partial charge in [0.05, 0.1) is 6.10 Å². The van der Waals surface area contributed by atoms with Gasteiger partial charge >= 0.3 is 0 Å². The molecule has 0 radical (unpaired) electrons. The molecule has 0 atom stereocenters. The normalized spacial score (nSPS) is 11.1. The highest BCUT2D eigenvalue weighted by Gasteiger charge is 2.02. The van der Waals surface area contributed by atoms with Crippen molar-refractivity contribution in [1.29, 1.82) is 0 Å². The molecule has 3 heteroatoms. The smallest absolute Gasteiger partial charge is 0.137 e. The van der Waals surface area contributed by atoms with Crippen molar-refractivity contribution < 1.29 is 4.74 Å². The van der Waals surface area contributed by atoms with Gasteiger partial charge in [-0.3, -0.25) is 0 Å². The highest BCUT2D eigenvalue weighted by molar-refractivity contribution is 5.67. The summed E-state index contributed by atoms with van der Waals surface area (Å²) in [5.41, 5.74) is 3.29. The molecule has 3 rings (SSSR count). The van der Waals surface area contributed by atoms with Gasteiger partial charge in [-0.05, 0) is 49.2 Å². The molecular formula is C16H16N2O. The molecule has 0 aliphatic rings. The maximum Gasteiger partial charge on any atom is 0.137 e. The largest absolute Gasteiger partial charge is 0.491 e. The molecule has 0 amide bonds. The second-order valence-electron chi connectivity index (χ2n) is 4.80. The molecule has 0 bridgehead atoms. The third kappa shape index (κ3) is 2.45. The Hall–Kier alpha value is -2.29. The van der Waals surface area contributed by atoms with Crippen molar-refractivity contribution in [2.45, 2.75) is 20.0 Å². The van der Waals surface area contributed by atoms with Crippen molar-refractivity contribution >= 4 is 5.65 Å². The van der Waals surface area contributed by atoms with Crippen molar-refractivity contribution in [2.24, 2.45) is 0 Å². The Balaban J connectivity index is 1.92. The monoisotopic (exact) mass is 252 g/mol. The summed E-state index contributed by atoms with van der Waals surface area (Å²) in [4.78, 5) is 4.30. The standard InChI is InChI=1S/C16H16N2O/c1-12(2)19-15-5-3-13(4-6-15)14-7-9-18-10-8-17-16(18)11-14/h3-12H,1-2H3. The summed E-state index contributed by atoms with van der Waals surface area (Å²) in [6, 6.07) is 12.3. The number of aromatic nitrogens is 2. The van der Waals surface area contributed by atoms with E-state index in [4.69, 9.17) is 4.74 Å². The van der Waals surface area contributed by atoms with E-state index in [9.17, 15) is 0 Å². The van der Waals surface area contributed by atoms with Gasteiger partial charge in [0.15, 0.2) is 0 Å². The zero-order chi connectivity index (χ0) is 13.2. The number of ether oxygens (including phenoxy) is 1. The Labute approximate surface area is 112 Å². The Morgan fingerprint density at radius 2 is 1.79 bits per heavy atom. The fourth-order valence-electron chi connectivity index (χ4n) is 2.09. The molecule has 96 valence electrons. The lowest BCUT2D eigenvalue weighted by Gasteiger charge is -2.10. The molecule has 0 saturated carbocycles. The zero-order valence-electron chi connectivity index (χ0n) is 11.1. The van der Waals surface area contributed by atoms with Crippen LogP contribution in [0.3, 0.4) is 0 Å². The Morgan fingerprint density at radius 1 is 1.00 bits per heavy atom. The van der Waals surface area contributed by atoms with Gasteiger partial charge in [0.2, 0.25) is 0 Å². The fraction of sp³-hybridized carbons (Fsp3) is 0.188. The van der Waals surface area contributed by atoms with Gasteiger partial charge < -0.3 is 9.14 Å². The van der Waals surface area contributed by atoms with Gasteiger partial charge in [-0.15, -0.1) is 0 Å². The third-order valence-corrected chi connectivity index (χ3v) is 2.96. The Morgan fingerprint density at radius 3 is 2.53 bits per heavy atom. The van der Waals surface area contributed by atoms with E-state index in [0.717, 1.165) is 17.0 Å². The maximum atomic E-state index is 5.65. The summed E-state index contributed by atoms with van der Waals surface area (Å²) in [6.07, 6.45) is 5.97. The highest BCUT2D eigenvalue weighted by Crippen LogP contribution is 2.23. The van der Waals surface area contributed by atoms with E-state index in [2.05, 4.69) is 29.2 Å². The molecular weight excluding hydrogens is 236 g/mol. The predicted molar refractivity (Wildman–Crippen MR) is 76.4 cm³/mol. The van der Waals surface area contributed by atoms with E-state index >= 15 is 0 Å². The molecule has 1 aromatic carbocycles. The molecule has 3 aromatic rings. The molecule has 3 nitrogen and oxygen atoms in total. The number of imidazole rings is 1. The number of pyridine rings is 1. The lowest BCUT2D eigenvalue weighted by Crippen LogP contribution is -2.05. The Kier molecular flexibility index (Phi) is 2.95. The topological polar surface area (TPSA) is 26.5 Å². The van der Waals surface area contributed by atoms with Crippen molar-refractivity contribution in [1.82, 2.24) is 9.38 Å². The minimum absolute atomic E-state index is 0.201. The summed E-state index contributed by atoms with van der Waals surface area (Å²) < 4.78 is 7.65. The van der Waals surface area contributed by atoms with Crippen LogP contribution in [0.4, 0.5) is 0 Å². The molecule has 0 aliphatic carbocycles. The number of nitrogens with zero attached hydrogens (tertiary/aromatic N) is 2. The summed E-state index contributed by atoms with van der Waals surface area (Å²) in [5, 5.41) is 0. The maximum absolute atomic E-state index is 5.65. The second kappa shape index (κ2) is 4.76. The predicted octanol–water partition coefficient (Wildman–Crippen LogP) is 3.79. The molecule has 0 saturated heterocycles. The molecule has 0 unspecified atom stereocenters. The first-order valence-electron chi connectivity index (χ1n) is 6.42. The zero-order valence-corrected chi connectivity index (χ0v) is 11.1. The molecule has 19 heavy (non-hydrogen) atoms. The summed E-state index contributed by atoms with van der Waals surface area (Å²) in [5.74, 6) is 0.903. The first-order valence-corrected chi connectivity index (χ1v) is 6.42. The van der Waals surface area contributed by atoms with Crippen LogP contribution in [0.2, 0.25) is 0 Å². The Bertz CT molecular complexity index is 683. The average Bonchev–Trinajstić information content (AvgIpc) is 2.86. The highest BCUT2D eigenvalue weighted by atomic mass is 16.5. The van der Waals surface area contributed by atoms with Crippen LogP contribution in [0.25, 0.3) is 16.8 Å². The molecule has 2 heterocycles. The van der Waals surface area contributed by atoms with E-state index in [1.165, 1.54) is 5.56 Å². The molecule has 2 aromatic heterocycles. The first kappa shape index (κ1) is 11.8. The van der Waals surface area contributed by atoms with E-state index in [-0.39, 0.29) is 6.10 Å². The van der Waals surface area contributed by atoms with E-state index in [1.807, 2.05) is 42.8 Å². The third-order valence-electron chi connectivity index (χ3n) is 2.96. The van der Waals surface area contributed by atoms with Crippen LogP contribution in [0, 0.1) is 0 Å².